The van der Waals surface area contributed by atoms with Crippen LogP contribution in [-0.4, -0.2) is 37.5 Å². The molecule has 0 aliphatic carbocycles. The molecule has 1 aromatic carbocycles. The molecule has 1 aliphatic heterocycles. The number of nitrogens with zero attached hydrogens (tertiary/aromatic N) is 1. The van der Waals surface area contributed by atoms with Crippen LogP contribution in [0.3, 0.4) is 0 Å². The zero-order chi connectivity index (χ0) is 15.3. The molecule has 1 heterocycles. The summed E-state index contributed by atoms with van der Waals surface area (Å²) in [5.74, 6) is -0.543. The van der Waals surface area contributed by atoms with Gasteiger partial charge < -0.3 is 5.11 Å². The third-order valence-electron chi connectivity index (χ3n) is 3.63. The first kappa shape index (κ1) is 16.4. The average molecular weight is 316 g/mol. The Bertz CT molecular complexity index is 557. The van der Waals surface area contributed by atoms with Crippen molar-refractivity contribution in [1.82, 2.24) is 9.03 Å². The number of aliphatic hydroxyl groups is 1. The Balaban J connectivity index is 1.96. The summed E-state index contributed by atoms with van der Waals surface area (Å²) in [6.07, 6.45) is 2.55. The minimum absolute atomic E-state index is 0.0936. The molecule has 1 saturated heterocycles. The summed E-state index contributed by atoms with van der Waals surface area (Å²) in [6, 6.07) is 5.81. The minimum Gasteiger partial charge on any atom is -0.387 e. The molecule has 5 nitrogen and oxygen atoms in total. The Morgan fingerprint density at radius 3 is 2.43 bits per heavy atom. The Morgan fingerprint density at radius 2 is 1.81 bits per heavy atom. The standard InChI is InChI=1S/C14H21FN2O3S/c15-13-8-4-3-7-12(13)14(18)11-16-21(19,20)17-9-5-1-2-6-10-17/h3-4,7-8,14,16,18H,1-2,5-6,9-11H2. The molecule has 21 heavy (non-hydrogen) atoms. The molecular weight excluding hydrogens is 295 g/mol. The molecule has 7 heteroatoms. The molecule has 0 spiro atoms. The lowest BCUT2D eigenvalue weighted by molar-refractivity contribution is 0.176. The third kappa shape index (κ3) is 4.47. The maximum absolute atomic E-state index is 13.5. The normalized spacial score (nSPS) is 19.1. The van der Waals surface area contributed by atoms with Crippen LogP contribution in [0.15, 0.2) is 24.3 Å². The van der Waals surface area contributed by atoms with Gasteiger partial charge in [-0.3, -0.25) is 0 Å². The quantitative estimate of drug-likeness (QED) is 0.866. The van der Waals surface area contributed by atoms with Crippen molar-refractivity contribution >= 4 is 10.2 Å². The van der Waals surface area contributed by atoms with Gasteiger partial charge in [0.1, 0.15) is 5.82 Å². The van der Waals surface area contributed by atoms with Crippen LogP contribution in [0.1, 0.15) is 37.4 Å². The minimum atomic E-state index is -3.62. The fourth-order valence-electron chi connectivity index (χ4n) is 2.41. The topological polar surface area (TPSA) is 69.6 Å². The second-order valence-corrected chi connectivity index (χ2v) is 6.96. The number of aliphatic hydroxyl groups excluding tert-OH is 1. The lowest BCUT2D eigenvalue weighted by Gasteiger charge is -2.21. The van der Waals surface area contributed by atoms with E-state index in [-0.39, 0.29) is 12.1 Å². The Morgan fingerprint density at radius 1 is 1.19 bits per heavy atom. The van der Waals surface area contributed by atoms with Gasteiger partial charge >= 0.3 is 0 Å². The highest BCUT2D eigenvalue weighted by Gasteiger charge is 2.24. The SMILES string of the molecule is O=S(=O)(NCC(O)c1ccccc1F)N1CCCCCC1. The van der Waals surface area contributed by atoms with Gasteiger partial charge in [0.25, 0.3) is 10.2 Å². The van der Waals surface area contributed by atoms with Gasteiger partial charge in [0.05, 0.1) is 6.10 Å². The summed E-state index contributed by atoms with van der Waals surface area (Å²) in [5.41, 5.74) is 0.0936. The van der Waals surface area contributed by atoms with Crippen molar-refractivity contribution in [3.8, 4) is 0 Å². The molecule has 1 aromatic rings. The summed E-state index contributed by atoms with van der Waals surface area (Å²) in [4.78, 5) is 0. The summed E-state index contributed by atoms with van der Waals surface area (Å²) < 4.78 is 41.6. The van der Waals surface area contributed by atoms with Crippen LogP contribution in [0.4, 0.5) is 4.39 Å². The smallest absolute Gasteiger partial charge is 0.279 e. The van der Waals surface area contributed by atoms with Gasteiger partial charge in [-0.1, -0.05) is 31.0 Å². The van der Waals surface area contributed by atoms with E-state index in [9.17, 15) is 17.9 Å². The van der Waals surface area contributed by atoms with Crippen molar-refractivity contribution < 1.29 is 17.9 Å². The van der Waals surface area contributed by atoms with E-state index in [1.807, 2.05) is 0 Å². The first-order valence-corrected chi connectivity index (χ1v) is 8.62. The first-order chi connectivity index (χ1) is 10.0. The van der Waals surface area contributed by atoms with E-state index in [1.54, 1.807) is 6.07 Å². The molecule has 1 unspecified atom stereocenters. The van der Waals surface area contributed by atoms with Gasteiger partial charge in [-0.25, -0.2) is 4.39 Å². The van der Waals surface area contributed by atoms with Gasteiger partial charge in [-0.15, -0.1) is 0 Å². The summed E-state index contributed by atoms with van der Waals surface area (Å²) in [7, 11) is -3.62. The summed E-state index contributed by atoms with van der Waals surface area (Å²) in [5, 5.41) is 9.93. The van der Waals surface area contributed by atoms with Crippen molar-refractivity contribution in [2.45, 2.75) is 31.8 Å². The largest absolute Gasteiger partial charge is 0.387 e. The van der Waals surface area contributed by atoms with E-state index < -0.39 is 22.1 Å². The van der Waals surface area contributed by atoms with Crippen molar-refractivity contribution in [1.29, 1.82) is 0 Å². The molecule has 2 rings (SSSR count). The van der Waals surface area contributed by atoms with Crippen LogP contribution in [0.2, 0.25) is 0 Å². The second kappa shape index (κ2) is 7.31. The highest BCUT2D eigenvalue weighted by molar-refractivity contribution is 7.87. The fraction of sp³-hybridized carbons (Fsp3) is 0.571. The molecule has 0 bridgehead atoms. The van der Waals surface area contributed by atoms with Crippen LogP contribution in [0.5, 0.6) is 0 Å². The lowest BCUT2D eigenvalue weighted by Crippen LogP contribution is -2.42. The number of rotatable bonds is 5. The van der Waals surface area contributed by atoms with Crippen molar-refractivity contribution in [3.63, 3.8) is 0 Å². The predicted octanol–water partition coefficient (Wildman–Crippen LogP) is 1.57. The van der Waals surface area contributed by atoms with E-state index >= 15 is 0 Å². The zero-order valence-electron chi connectivity index (χ0n) is 11.8. The predicted molar refractivity (Wildman–Crippen MR) is 78.3 cm³/mol. The molecule has 1 fully saturated rings. The molecule has 2 N–H and O–H groups in total. The van der Waals surface area contributed by atoms with Gasteiger partial charge in [0, 0.05) is 25.2 Å². The molecule has 118 valence electrons. The number of nitrogens with one attached hydrogen (secondary N) is 1. The number of benzene rings is 1. The average Bonchev–Trinajstić information content (AvgIpc) is 2.75. The first-order valence-electron chi connectivity index (χ1n) is 7.18. The van der Waals surface area contributed by atoms with Crippen LogP contribution >= 0.6 is 0 Å². The Hall–Kier alpha value is -1.02. The number of hydrogen-bond acceptors (Lipinski definition) is 3. The van der Waals surface area contributed by atoms with Crippen molar-refractivity contribution in [2.75, 3.05) is 19.6 Å². The maximum Gasteiger partial charge on any atom is 0.279 e. The van der Waals surface area contributed by atoms with Gasteiger partial charge in [-0.2, -0.15) is 17.4 Å². The van der Waals surface area contributed by atoms with Crippen molar-refractivity contribution in [2.24, 2.45) is 0 Å². The van der Waals surface area contributed by atoms with E-state index in [0.717, 1.165) is 25.7 Å². The van der Waals surface area contributed by atoms with Gasteiger partial charge in [-0.05, 0) is 18.9 Å². The van der Waals surface area contributed by atoms with Crippen LogP contribution < -0.4 is 4.72 Å². The second-order valence-electron chi connectivity index (χ2n) is 5.20. The lowest BCUT2D eigenvalue weighted by atomic mass is 10.1. The monoisotopic (exact) mass is 316 g/mol. The molecule has 0 saturated carbocycles. The highest BCUT2D eigenvalue weighted by atomic mass is 32.2. The molecule has 1 aliphatic rings. The molecular formula is C14H21FN2O3S. The third-order valence-corrected chi connectivity index (χ3v) is 5.20. The van der Waals surface area contributed by atoms with Gasteiger partial charge in [0.15, 0.2) is 0 Å². The summed E-state index contributed by atoms with van der Waals surface area (Å²) in [6.45, 7) is 0.746. The van der Waals surface area contributed by atoms with E-state index in [2.05, 4.69) is 4.72 Å². The van der Waals surface area contributed by atoms with Crippen LogP contribution in [0.25, 0.3) is 0 Å². The Labute approximate surface area is 125 Å². The molecule has 1 atom stereocenters. The maximum atomic E-state index is 13.5. The van der Waals surface area contributed by atoms with Crippen molar-refractivity contribution in [3.05, 3.63) is 35.6 Å². The molecule has 0 amide bonds. The molecule has 0 aromatic heterocycles. The van der Waals surface area contributed by atoms with E-state index in [4.69, 9.17) is 0 Å². The molecule has 0 radical (unpaired) electrons. The van der Waals surface area contributed by atoms with E-state index in [1.165, 1.54) is 22.5 Å². The van der Waals surface area contributed by atoms with E-state index in [0.29, 0.717) is 13.1 Å². The summed E-state index contributed by atoms with van der Waals surface area (Å²) >= 11 is 0. The zero-order valence-corrected chi connectivity index (χ0v) is 12.7. The fourth-order valence-corrected chi connectivity index (χ4v) is 3.70. The number of hydrogen-bond donors (Lipinski definition) is 2. The Kier molecular flexibility index (Phi) is 5.69. The van der Waals surface area contributed by atoms with Crippen LogP contribution in [-0.2, 0) is 10.2 Å². The number of halogens is 1. The van der Waals surface area contributed by atoms with Gasteiger partial charge in [0.2, 0.25) is 0 Å². The highest BCUT2D eigenvalue weighted by Crippen LogP contribution is 2.17. The van der Waals surface area contributed by atoms with Crippen LogP contribution in [0, 0.1) is 5.82 Å².